The summed E-state index contributed by atoms with van der Waals surface area (Å²) in [7, 11) is 0. The molecule has 0 N–H and O–H groups in total. The Morgan fingerprint density at radius 2 is 1.82 bits per heavy atom. The van der Waals surface area contributed by atoms with E-state index >= 15 is 0 Å². The van der Waals surface area contributed by atoms with Gasteiger partial charge in [0.15, 0.2) is 0 Å². The largest absolute Gasteiger partial charge is 0.288 e. The molecule has 1 heterocycles. The number of hydrogen-bond acceptors (Lipinski definition) is 4. The minimum Gasteiger partial charge on any atom is -0.288 e. The van der Waals surface area contributed by atoms with Gasteiger partial charge in [0, 0.05) is 5.56 Å². The van der Waals surface area contributed by atoms with E-state index < -0.39 is 0 Å². The second kappa shape index (κ2) is 5.95. The van der Waals surface area contributed by atoms with Crippen molar-refractivity contribution in [3.05, 3.63) is 45.7 Å². The van der Waals surface area contributed by atoms with Gasteiger partial charge in [-0.25, -0.2) is 0 Å². The van der Waals surface area contributed by atoms with E-state index in [0.29, 0.717) is 11.1 Å². The number of carbonyl (C=O) groups is 1. The Bertz CT molecular complexity index is 480. The van der Waals surface area contributed by atoms with Gasteiger partial charge in [0.2, 0.25) is 5.78 Å². The molecule has 1 aliphatic heterocycles. The van der Waals surface area contributed by atoms with Gasteiger partial charge in [-0.3, -0.25) is 4.79 Å². The number of rotatable bonds is 2. The number of nitriles is 1. The van der Waals surface area contributed by atoms with Crippen molar-refractivity contribution < 1.29 is 4.79 Å². The summed E-state index contributed by atoms with van der Waals surface area (Å²) in [6.07, 6.45) is 1.14. The standard InChI is InChI=1S/C13H11NOS2/c14-9-11(13-16-7-4-8-17-13)12(15)10-5-2-1-3-6-10/h1-3,5-6H,4,7-8H2. The van der Waals surface area contributed by atoms with E-state index in [-0.39, 0.29) is 5.78 Å². The van der Waals surface area contributed by atoms with Crippen LogP contribution in [0.5, 0.6) is 0 Å². The molecule has 1 saturated heterocycles. The topological polar surface area (TPSA) is 40.9 Å². The number of thioether (sulfide) groups is 2. The first kappa shape index (κ1) is 12.3. The van der Waals surface area contributed by atoms with E-state index in [9.17, 15) is 4.79 Å². The van der Waals surface area contributed by atoms with Crippen LogP contribution in [-0.2, 0) is 0 Å². The molecular formula is C13H11NOS2. The van der Waals surface area contributed by atoms with E-state index in [1.807, 2.05) is 18.2 Å². The Kier molecular flexibility index (Phi) is 4.29. The molecule has 2 rings (SSSR count). The van der Waals surface area contributed by atoms with Gasteiger partial charge in [0.1, 0.15) is 11.6 Å². The second-order valence-corrected chi connectivity index (χ2v) is 5.99. The molecule has 0 amide bonds. The zero-order valence-electron chi connectivity index (χ0n) is 9.18. The first-order valence-corrected chi connectivity index (χ1v) is 7.30. The van der Waals surface area contributed by atoms with Crippen molar-refractivity contribution >= 4 is 29.3 Å². The van der Waals surface area contributed by atoms with Crippen molar-refractivity contribution in [2.24, 2.45) is 0 Å². The van der Waals surface area contributed by atoms with Crippen molar-refractivity contribution in [3.63, 3.8) is 0 Å². The predicted molar refractivity (Wildman–Crippen MR) is 72.9 cm³/mol. The van der Waals surface area contributed by atoms with Gasteiger partial charge >= 0.3 is 0 Å². The monoisotopic (exact) mass is 261 g/mol. The highest BCUT2D eigenvalue weighted by Crippen LogP contribution is 2.37. The van der Waals surface area contributed by atoms with Crippen molar-refractivity contribution in [1.82, 2.24) is 0 Å². The van der Waals surface area contributed by atoms with Gasteiger partial charge < -0.3 is 0 Å². The van der Waals surface area contributed by atoms with Crippen LogP contribution in [0, 0.1) is 11.3 Å². The molecule has 0 saturated carbocycles. The first-order valence-electron chi connectivity index (χ1n) is 5.32. The highest BCUT2D eigenvalue weighted by Gasteiger charge is 2.19. The summed E-state index contributed by atoms with van der Waals surface area (Å²) in [5.74, 6) is 1.83. The molecule has 1 fully saturated rings. The van der Waals surface area contributed by atoms with Crippen LogP contribution in [0.4, 0.5) is 0 Å². The average molecular weight is 261 g/mol. The average Bonchev–Trinajstić information content (AvgIpc) is 2.42. The van der Waals surface area contributed by atoms with Crippen molar-refractivity contribution in [3.8, 4) is 6.07 Å². The van der Waals surface area contributed by atoms with E-state index in [0.717, 1.165) is 22.2 Å². The quantitative estimate of drug-likeness (QED) is 0.464. The van der Waals surface area contributed by atoms with Crippen LogP contribution in [0.15, 0.2) is 40.1 Å². The molecule has 0 aliphatic carbocycles. The van der Waals surface area contributed by atoms with Crippen LogP contribution < -0.4 is 0 Å². The Hall–Kier alpha value is -1.18. The molecule has 0 radical (unpaired) electrons. The molecule has 1 aromatic rings. The molecule has 0 unspecified atom stereocenters. The third-order valence-electron chi connectivity index (χ3n) is 2.33. The molecular weight excluding hydrogens is 250 g/mol. The van der Waals surface area contributed by atoms with Crippen molar-refractivity contribution in [2.75, 3.05) is 11.5 Å². The molecule has 1 aliphatic rings. The molecule has 0 spiro atoms. The van der Waals surface area contributed by atoms with Crippen LogP contribution in [-0.4, -0.2) is 17.3 Å². The lowest BCUT2D eigenvalue weighted by Gasteiger charge is -2.13. The summed E-state index contributed by atoms with van der Waals surface area (Å²) in [6.45, 7) is 0. The molecule has 17 heavy (non-hydrogen) atoms. The summed E-state index contributed by atoms with van der Waals surface area (Å²) in [5, 5.41) is 9.15. The number of hydrogen-bond donors (Lipinski definition) is 0. The van der Waals surface area contributed by atoms with E-state index in [1.54, 1.807) is 35.7 Å². The maximum Gasteiger partial charge on any atom is 0.205 e. The van der Waals surface area contributed by atoms with Crippen LogP contribution in [0.2, 0.25) is 0 Å². The van der Waals surface area contributed by atoms with Crippen LogP contribution >= 0.6 is 23.5 Å². The zero-order chi connectivity index (χ0) is 12.1. The molecule has 86 valence electrons. The van der Waals surface area contributed by atoms with E-state index in [4.69, 9.17) is 5.26 Å². The molecule has 0 atom stereocenters. The van der Waals surface area contributed by atoms with Crippen molar-refractivity contribution in [2.45, 2.75) is 6.42 Å². The first-order chi connectivity index (χ1) is 8.33. The molecule has 2 nitrogen and oxygen atoms in total. The highest BCUT2D eigenvalue weighted by molar-refractivity contribution is 8.22. The fourth-order valence-corrected chi connectivity index (χ4v) is 4.03. The molecule has 4 heteroatoms. The lowest BCUT2D eigenvalue weighted by molar-refractivity contribution is 0.103. The maximum absolute atomic E-state index is 12.2. The molecule has 1 aromatic carbocycles. The number of nitrogens with zero attached hydrogens (tertiary/aromatic N) is 1. The van der Waals surface area contributed by atoms with Gasteiger partial charge in [-0.05, 0) is 17.9 Å². The maximum atomic E-state index is 12.2. The van der Waals surface area contributed by atoms with Gasteiger partial charge in [-0.1, -0.05) is 30.3 Å². The fraction of sp³-hybridized carbons (Fsp3) is 0.231. The second-order valence-electron chi connectivity index (χ2n) is 3.52. The number of allylic oxidation sites excluding steroid dienone is 1. The lowest BCUT2D eigenvalue weighted by Crippen LogP contribution is -2.05. The third kappa shape index (κ3) is 2.93. The van der Waals surface area contributed by atoms with Gasteiger partial charge in [-0.15, -0.1) is 23.5 Å². The lowest BCUT2D eigenvalue weighted by atomic mass is 10.1. The summed E-state index contributed by atoms with van der Waals surface area (Å²) in [5.41, 5.74) is 0.884. The Morgan fingerprint density at radius 3 is 2.41 bits per heavy atom. The number of Topliss-reactive ketones (excluding diaryl/α,β-unsaturated/α-hetero) is 1. The summed E-state index contributed by atoms with van der Waals surface area (Å²) < 4.78 is 0.882. The predicted octanol–water partition coefficient (Wildman–Crippen LogP) is 3.47. The zero-order valence-corrected chi connectivity index (χ0v) is 10.8. The highest BCUT2D eigenvalue weighted by atomic mass is 32.2. The fourth-order valence-electron chi connectivity index (χ4n) is 1.50. The Morgan fingerprint density at radius 1 is 1.18 bits per heavy atom. The third-order valence-corrected chi connectivity index (χ3v) is 4.96. The summed E-state index contributed by atoms with van der Waals surface area (Å²) in [6, 6.07) is 11.0. The van der Waals surface area contributed by atoms with E-state index in [2.05, 4.69) is 6.07 Å². The SMILES string of the molecule is N#CC(C(=O)c1ccccc1)=C1SCCCS1. The van der Waals surface area contributed by atoms with Gasteiger partial charge in [-0.2, -0.15) is 5.26 Å². The Labute approximate surface area is 109 Å². The summed E-state index contributed by atoms with van der Waals surface area (Å²) >= 11 is 3.24. The van der Waals surface area contributed by atoms with Crippen molar-refractivity contribution in [1.29, 1.82) is 5.26 Å². The van der Waals surface area contributed by atoms with Crippen LogP contribution in [0.25, 0.3) is 0 Å². The number of carbonyl (C=O) groups excluding carboxylic acids is 1. The van der Waals surface area contributed by atoms with Gasteiger partial charge in [0.05, 0.1) is 4.24 Å². The van der Waals surface area contributed by atoms with Crippen LogP contribution in [0.3, 0.4) is 0 Å². The molecule has 0 bridgehead atoms. The minimum absolute atomic E-state index is 0.162. The Balaban J connectivity index is 2.31. The number of benzene rings is 1. The normalized spacial score (nSPS) is 15.1. The smallest absolute Gasteiger partial charge is 0.205 e. The molecule has 0 aromatic heterocycles. The van der Waals surface area contributed by atoms with Gasteiger partial charge in [0.25, 0.3) is 0 Å². The summed E-state index contributed by atoms with van der Waals surface area (Å²) in [4.78, 5) is 12.2. The van der Waals surface area contributed by atoms with Crippen LogP contribution in [0.1, 0.15) is 16.8 Å². The van der Waals surface area contributed by atoms with E-state index in [1.165, 1.54) is 0 Å². The minimum atomic E-state index is -0.162. The number of ketones is 1.